The molecule has 25 heavy (non-hydrogen) atoms. The molecule has 0 saturated carbocycles. The van der Waals surface area contributed by atoms with E-state index in [9.17, 15) is 9.59 Å². The molecular formula is C19H19BrN2O3. The predicted octanol–water partition coefficient (Wildman–Crippen LogP) is 3.81. The Balaban J connectivity index is 1.72. The molecule has 3 rings (SSSR count). The number of methoxy groups -OCH3 is 1. The number of halogens is 1. The fourth-order valence-corrected chi connectivity index (χ4v) is 3.26. The van der Waals surface area contributed by atoms with Gasteiger partial charge in [0.15, 0.2) is 0 Å². The van der Waals surface area contributed by atoms with Crippen molar-refractivity contribution in [1.82, 2.24) is 9.80 Å². The number of urea groups is 1. The Hall–Kier alpha value is -2.34. The summed E-state index contributed by atoms with van der Waals surface area (Å²) in [6.45, 7) is 1.21. The molecule has 1 aliphatic rings. The summed E-state index contributed by atoms with van der Waals surface area (Å²) in [5, 5.41) is 0. The van der Waals surface area contributed by atoms with Crippen molar-refractivity contribution in [2.75, 3.05) is 13.7 Å². The van der Waals surface area contributed by atoms with Gasteiger partial charge in [-0.1, -0.05) is 40.2 Å². The Morgan fingerprint density at radius 1 is 1.04 bits per heavy atom. The van der Waals surface area contributed by atoms with Gasteiger partial charge in [-0.05, 0) is 35.4 Å². The zero-order valence-corrected chi connectivity index (χ0v) is 15.5. The summed E-state index contributed by atoms with van der Waals surface area (Å²) >= 11 is 3.44. The third kappa shape index (κ3) is 4.20. The summed E-state index contributed by atoms with van der Waals surface area (Å²) < 4.78 is 6.11. The topological polar surface area (TPSA) is 49.9 Å². The molecule has 3 amide bonds. The van der Waals surface area contributed by atoms with Crippen LogP contribution in [0.5, 0.6) is 5.75 Å². The quantitative estimate of drug-likeness (QED) is 0.763. The van der Waals surface area contributed by atoms with Crippen molar-refractivity contribution in [2.24, 2.45) is 0 Å². The number of amides is 3. The van der Waals surface area contributed by atoms with Gasteiger partial charge >= 0.3 is 6.03 Å². The standard InChI is InChI=1S/C19H19BrN2O3/c1-25-17-7-5-14(6-8-17)13-22-18(23)9-10-21(19(22)24)12-15-3-2-4-16(20)11-15/h2-8,11H,9-10,12-13H2,1H3. The van der Waals surface area contributed by atoms with Crippen molar-refractivity contribution in [1.29, 1.82) is 0 Å². The van der Waals surface area contributed by atoms with Gasteiger partial charge in [-0.3, -0.25) is 9.69 Å². The van der Waals surface area contributed by atoms with Gasteiger partial charge in [0, 0.05) is 24.0 Å². The molecule has 6 heteroatoms. The Bertz CT molecular complexity index is 776. The van der Waals surface area contributed by atoms with Crippen LogP contribution in [-0.4, -0.2) is 35.4 Å². The third-order valence-corrected chi connectivity index (χ3v) is 4.65. The molecule has 0 bridgehead atoms. The molecule has 0 N–H and O–H groups in total. The van der Waals surface area contributed by atoms with E-state index in [4.69, 9.17) is 4.74 Å². The van der Waals surface area contributed by atoms with Crippen LogP contribution in [0.25, 0.3) is 0 Å². The van der Waals surface area contributed by atoms with Crippen LogP contribution < -0.4 is 4.74 Å². The zero-order valence-electron chi connectivity index (χ0n) is 13.9. The van der Waals surface area contributed by atoms with Crippen molar-refractivity contribution >= 4 is 27.9 Å². The average molecular weight is 403 g/mol. The van der Waals surface area contributed by atoms with E-state index in [0.717, 1.165) is 21.3 Å². The average Bonchev–Trinajstić information content (AvgIpc) is 2.62. The molecule has 1 heterocycles. The fraction of sp³-hybridized carbons (Fsp3) is 0.263. The van der Waals surface area contributed by atoms with Gasteiger partial charge < -0.3 is 9.64 Å². The summed E-state index contributed by atoms with van der Waals surface area (Å²) in [6, 6.07) is 15.0. The normalized spacial score (nSPS) is 14.8. The lowest BCUT2D eigenvalue weighted by Gasteiger charge is -2.34. The SMILES string of the molecule is COc1ccc(CN2C(=O)CCN(Cc3cccc(Br)c3)C2=O)cc1. The highest BCUT2D eigenvalue weighted by atomic mass is 79.9. The largest absolute Gasteiger partial charge is 0.497 e. The molecule has 0 aliphatic carbocycles. The highest BCUT2D eigenvalue weighted by molar-refractivity contribution is 9.10. The smallest absolute Gasteiger partial charge is 0.327 e. The highest BCUT2D eigenvalue weighted by Crippen LogP contribution is 2.20. The van der Waals surface area contributed by atoms with Crippen molar-refractivity contribution in [3.63, 3.8) is 0 Å². The second-order valence-electron chi connectivity index (χ2n) is 5.91. The molecule has 0 spiro atoms. The van der Waals surface area contributed by atoms with E-state index in [2.05, 4.69) is 15.9 Å². The lowest BCUT2D eigenvalue weighted by molar-refractivity contribution is -0.131. The van der Waals surface area contributed by atoms with E-state index in [-0.39, 0.29) is 18.5 Å². The van der Waals surface area contributed by atoms with Crippen LogP contribution in [0.1, 0.15) is 17.5 Å². The van der Waals surface area contributed by atoms with E-state index in [1.165, 1.54) is 4.90 Å². The molecule has 1 saturated heterocycles. The second-order valence-corrected chi connectivity index (χ2v) is 6.83. The predicted molar refractivity (Wildman–Crippen MR) is 98.1 cm³/mol. The van der Waals surface area contributed by atoms with Crippen LogP contribution in [-0.2, 0) is 17.9 Å². The Morgan fingerprint density at radius 2 is 1.80 bits per heavy atom. The van der Waals surface area contributed by atoms with Gasteiger partial charge in [0.25, 0.3) is 0 Å². The number of hydrogen-bond donors (Lipinski definition) is 0. The molecule has 0 aromatic heterocycles. The summed E-state index contributed by atoms with van der Waals surface area (Å²) in [7, 11) is 1.60. The molecular weight excluding hydrogens is 384 g/mol. The number of imide groups is 1. The number of nitrogens with zero attached hydrogens (tertiary/aromatic N) is 2. The first-order valence-corrected chi connectivity index (χ1v) is 8.83. The van der Waals surface area contributed by atoms with E-state index >= 15 is 0 Å². The number of rotatable bonds is 5. The second kappa shape index (κ2) is 7.70. The summed E-state index contributed by atoms with van der Waals surface area (Å²) in [4.78, 5) is 28.0. The maximum atomic E-state index is 12.7. The van der Waals surface area contributed by atoms with Crippen LogP contribution in [0.3, 0.4) is 0 Å². The van der Waals surface area contributed by atoms with Crippen LogP contribution in [0.4, 0.5) is 4.79 Å². The van der Waals surface area contributed by atoms with E-state index in [1.807, 2.05) is 48.5 Å². The monoisotopic (exact) mass is 402 g/mol. The minimum atomic E-state index is -0.243. The van der Waals surface area contributed by atoms with Gasteiger partial charge in [-0.2, -0.15) is 0 Å². The molecule has 2 aromatic carbocycles. The summed E-state index contributed by atoms with van der Waals surface area (Å²) in [5.74, 6) is 0.614. The van der Waals surface area contributed by atoms with Gasteiger partial charge in [-0.15, -0.1) is 0 Å². The number of carbonyl (C=O) groups is 2. The Labute approximate surface area is 155 Å². The number of ether oxygens (including phenoxy) is 1. The van der Waals surface area contributed by atoms with Gasteiger partial charge in [0.05, 0.1) is 13.7 Å². The van der Waals surface area contributed by atoms with Crippen LogP contribution in [0, 0.1) is 0 Å². The van der Waals surface area contributed by atoms with Crippen molar-refractivity contribution < 1.29 is 14.3 Å². The summed E-state index contributed by atoms with van der Waals surface area (Å²) in [6.07, 6.45) is 0.343. The van der Waals surface area contributed by atoms with Gasteiger partial charge in [0.1, 0.15) is 5.75 Å². The number of carbonyl (C=O) groups excluding carboxylic acids is 2. The highest BCUT2D eigenvalue weighted by Gasteiger charge is 2.31. The third-order valence-electron chi connectivity index (χ3n) is 4.16. The van der Waals surface area contributed by atoms with Crippen molar-refractivity contribution in [3.8, 4) is 5.75 Å². The van der Waals surface area contributed by atoms with Crippen LogP contribution >= 0.6 is 15.9 Å². The molecule has 5 nitrogen and oxygen atoms in total. The Kier molecular flexibility index (Phi) is 5.38. The minimum Gasteiger partial charge on any atom is -0.497 e. The molecule has 1 aliphatic heterocycles. The minimum absolute atomic E-state index is 0.133. The lowest BCUT2D eigenvalue weighted by Crippen LogP contribution is -2.51. The zero-order chi connectivity index (χ0) is 17.8. The van der Waals surface area contributed by atoms with Crippen molar-refractivity contribution in [2.45, 2.75) is 19.5 Å². The first-order valence-electron chi connectivity index (χ1n) is 8.03. The maximum Gasteiger partial charge on any atom is 0.327 e. The fourth-order valence-electron chi connectivity index (χ4n) is 2.81. The molecule has 1 fully saturated rings. The molecule has 0 radical (unpaired) electrons. The van der Waals surface area contributed by atoms with E-state index < -0.39 is 0 Å². The maximum absolute atomic E-state index is 12.7. The van der Waals surface area contributed by atoms with Gasteiger partial charge in [-0.25, -0.2) is 4.79 Å². The molecule has 2 aromatic rings. The first-order chi connectivity index (χ1) is 12.1. The summed E-state index contributed by atoms with van der Waals surface area (Å²) in [5.41, 5.74) is 1.92. The molecule has 130 valence electrons. The molecule has 0 atom stereocenters. The Morgan fingerprint density at radius 3 is 2.48 bits per heavy atom. The first kappa shape index (κ1) is 17.5. The van der Waals surface area contributed by atoms with Crippen LogP contribution in [0.2, 0.25) is 0 Å². The van der Waals surface area contributed by atoms with Crippen molar-refractivity contribution in [3.05, 3.63) is 64.1 Å². The van der Waals surface area contributed by atoms with E-state index in [1.54, 1.807) is 12.0 Å². The van der Waals surface area contributed by atoms with E-state index in [0.29, 0.717) is 19.5 Å². The molecule has 0 unspecified atom stereocenters. The van der Waals surface area contributed by atoms with Gasteiger partial charge in [0.2, 0.25) is 5.91 Å². The lowest BCUT2D eigenvalue weighted by atomic mass is 10.1. The number of benzene rings is 2. The number of hydrogen-bond acceptors (Lipinski definition) is 3. The van der Waals surface area contributed by atoms with Crippen LogP contribution in [0.15, 0.2) is 53.0 Å².